The lowest BCUT2D eigenvalue weighted by molar-refractivity contribution is -0.119. The minimum Gasteiger partial charge on any atom is -0.295 e. The summed E-state index contributed by atoms with van der Waals surface area (Å²) in [4.78, 5) is 11.8. The second-order valence-electron chi connectivity index (χ2n) is 5.61. The van der Waals surface area contributed by atoms with Gasteiger partial charge >= 0.3 is 0 Å². The van der Waals surface area contributed by atoms with E-state index in [-0.39, 0.29) is 28.6 Å². The fourth-order valence-corrected chi connectivity index (χ4v) is 4.62. The molecule has 1 heterocycles. The maximum atomic E-state index is 11.8. The van der Waals surface area contributed by atoms with Gasteiger partial charge in [0.15, 0.2) is 15.6 Å². The second kappa shape index (κ2) is 6.53. The van der Waals surface area contributed by atoms with Crippen molar-refractivity contribution < 1.29 is 13.2 Å². The first-order chi connectivity index (χ1) is 9.54. The van der Waals surface area contributed by atoms with Crippen LogP contribution < -0.4 is 0 Å². The van der Waals surface area contributed by atoms with Crippen LogP contribution in [0, 0.1) is 11.8 Å². The van der Waals surface area contributed by atoms with Gasteiger partial charge in [0, 0.05) is 5.92 Å². The summed E-state index contributed by atoms with van der Waals surface area (Å²) in [5.74, 6) is 0.571. The van der Waals surface area contributed by atoms with Gasteiger partial charge in [-0.3, -0.25) is 4.79 Å². The van der Waals surface area contributed by atoms with E-state index in [2.05, 4.69) is 18.7 Å². The molecule has 1 aliphatic heterocycles. The van der Waals surface area contributed by atoms with Crippen LogP contribution in [0.2, 0.25) is 0 Å². The van der Waals surface area contributed by atoms with Gasteiger partial charge in [-0.1, -0.05) is 37.3 Å². The molecule has 0 saturated heterocycles. The zero-order valence-electron chi connectivity index (χ0n) is 11.7. The van der Waals surface area contributed by atoms with Crippen molar-refractivity contribution in [3.63, 3.8) is 0 Å². The molecular formula is C16H22O3S. The molecule has 4 heteroatoms. The zero-order chi connectivity index (χ0) is 14.6. The van der Waals surface area contributed by atoms with E-state index in [1.54, 1.807) is 12.2 Å². The fourth-order valence-electron chi connectivity index (χ4n) is 3.11. The molecule has 0 amide bonds. The first kappa shape index (κ1) is 15.2. The number of ketones is 1. The monoisotopic (exact) mass is 294 g/mol. The van der Waals surface area contributed by atoms with Crippen LogP contribution in [-0.2, 0) is 14.6 Å². The van der Waals surface area contributed by atoms with Gasteiger partial charge in [0.05, 0.1) is 11.0 Å². The Morgan fingerprint density at radius 3 is 2.70 bits per heavy atom. The fraction of sp³-hybridized carbons (Fsp3) is 0.562. The lowest BCUT2D eigenvalue weighted by Gasteiger charge is -2.25. The number of carbonyl (C=O) groups is 1. The summed E-state index contributed by atoms with van der Waals surface area (Å²) in [7, 11) is -2.94. The van der Waals surface area contributed by atoms with E-state index < -0.39 is 9.84 Å². The summed E-state index contributed by atoms with van der Waals surface area (Å²) in [5, 5.41) is -0.316. The predicted molar refractivity (Wildman–Crippen MR) is 81.1 cm³/mol. The van der Waals surface area contributed by atoms with Crippen molar-refractivity contribution >= 4 is 15.6 Å². The molecule has 0 N–H and O–H groups in total. The summed E-state index contributed by atoms with van der Waals surface area (Å²) >= 11 is 0. The molecule has 1 unspecified atom stereocenters. The van der Waals surface area contributed by atoms with Gasteiger partial charge in [-0.2, -0.15) is 0 Å². The van der Waals surface area contributed by atoms with Gasteiger partial charge in [-0.25, -0.2) is 8.42 Å². The van der Waals surface area contributed by atoms with E-state index in [0.717, 1.165) is 25.7 Å². The Morgan fingerprint density at radius 2 is 2.05 bits per heavy atom. The van der Waals surface area contributed by atoms with Gasteiger partial charge in [-0.15, -0.1) is 0 Å². The van der Waals surface area contributed by atoms with Crippen LogP contribution in [0.15, 0.2) is 37.0 Å². The summed E-state index contributed by atoms with van der Waals surface area (Å²) in [6.45, 7) is 3.57. The van der Waals surface area contributed by atoms with Gasteiger partial charge in [0.1, 0.15) is 0 Å². The van der Waals surface area contributed by atoms with E-state index in [1.165, 1.54) is 6.08 Å². The van der Waals surface area contributed by atoms with E-state index >= 15 is 0 Å². The van der Waals surface area contributed by atoms with Crippen molar-refractivity contribution in [1.82, 2.24) is 0 Å². The minimum atomic E-state index is -2.94. The molecule has 0 aromatic heterocycles. The highest BCUT2D eigenvalue weighted by molar-refractivity contribution is 7.92. The highest BCUT2D eigenvalue weighted by atomic mass is 32.2. The van der Waals surface area contributed by atoms with Crippen LogP contribution >= 0.6 is 0 Å². The Balaban J connectivity index is 1.87. The molecule has 0 aromatic rings. The number of sulfone groups is 1. The summed E-state index contributed by atoms with van der Waals surface area (Å²) in [5.41, 5.74) is 0. The van der Waals surface area contributed by atoms with Crippen LogP contribution in [0.25, 0.3) is 0 Å². The molecule has 0 saturated carbocycles. The Kier molecular flexibility index (Phi) is 4.97. The van der Waals surface area contributed by atoms with Gasteiger partial charge in [0.25, 0.3) is 0 Å². The third-order valence-corrected chi connectivity index (χ3v) is 6.25. The Labute approximate surface area is 121 Å². The molecule has 0 aromatic carbocycles. The van der Waals surface area contributed by atoms with Gasteiger partial charge < -0.3 is 0 Å². The molecule has 3 nitrogen and oxygen atoms in total. The van der Waals surface area contributed by atoms with Crippen LogP contribution in [-0.4, -0.2) is 25.2 Å². The zero-order valence-corrected chi connectivity index (χ0v) is 12.5. The molecule has 0 fully saturated rings. The van der Waals surface area contributed by atoms with Crippen LogP contribution in [0.1, 0.15) is 32.1 Å². The summed E-state index contributed by atoms with van der Waals surface area (Å²) in [6.07, 6.45) is 13.4. The van der Waals surface area contributed by atoms with E-state index in [9.17, 15) is 13.2 Å². The van der Waals surface area contributed by atoms with Crippen molar-refractivity contribution in [2.24, 2.45) is 11.8 Å². The summed E-state index contributed by atoms with van der Waals surface area (Å²) < 4.78 is 23.4. The maximum Gasteiger partial charge on any atom is 0.160 e. The van der Waals surface area contributed by atoms with Crippen molar-refractivity contribution in [2.45, 2.75) is 37.4 Å². The molecule has 20 heavy (non-hydrogen) atoms. The van der Waals surface area contributed by atoms with E-state index in [1.807, 2.05) is 0 Å². The Bertz CT molecular complexity index is 528. The third kappa shape index (κ3) is 3.48. The number of hydrogen-bond acceptors (Lipinski definition) is 3. The molecule has 0 radical (unpaired) electrons. The maximum absolute atomic E-state index is 11.8. The third-order valence-electron chi connectivity index (χ3n) is 4.28. The van der Waals surface area contributed by atoms with Gasteiger partial charge in [-0.05, 0) is 37.7 Å². The molecule has 0 bridgehead atoms. The molecule has 2 rings (SSSR count). The average Bonchev–Trinajstić information content (AvgIpc) is 2.78. The molecule has 1 aliphatic carbocycles. The number of rotatable bonds is 6. The van der Waals surface area contributed by atoms with Crippen molar-refractivity contribution in [1.29, 1.82) is 0 Å². The average molecular weight is 294 g/mol. The van der Waals surface area contributed by atoms with Crippen LogP contribution in [0.4, 0.5) is 0 Å². The standard InChI is InChI=1S/C16H22O3S/c1-2-16(17)15-11-4-3-7-13(15)8-5-9-14-10-6-12-20(14,18)19/h2-3,6-7,10,13-15H,1,4-5,8-9,11-12H2/t13-,14?,15-/m0/s1. The topological polar surface area (TPSA) is 51.2 Å². The van der Waals surface area contributed by atoms with Crippen LogP contribution in [0.5, 0.6) is 0 Å². The SMILES string of the molecule is C=CC(=O)[C@H]1CCC=C[C@H]1CCCC1C=CCS1(=O)=O. The lowest BCUT2D eigenvalue weighted by atomic mass is 9.78. The highest BCUT2D eigenvalue weighted by Gasteiger charge is 2.29. The molecule has 110 valence electrons. The van der Waals surface area contributed by atoms with Crippen molar-refractivity contribution in [2.75, 3.05) is 5.75 Å². The van der Waals surface area contributed by atoms with Gasteiger partial charge in [0.2, 0.25) is 0 Å². The number of hydrogen-bond donors (Lipinski definition) is 0. The van der Waals surface area contributed by atoms with Crippen LogP contribution in [0.3, 0.4) is 0 Å². The molecule has 0 spiro atoms. The molecule has 2 aliphatic rings. The highest BCUT2D eigenvalue weighted by Crippen LogP contribution is 2.31. The minimum absolute atomic E-state index is 0.0354. The largest absolute Gasteiger partial charge is 0.295 e. The summed E-state index contributed by atoms with van der Waals surface area (Å²) in [6, 6.07) is 0. The Hall–Kier alpha value is -1.16. The normalized spacial score (nSPS) is 31.3. The quantitative estimate of drug-likeness (QED) is 0.559. The first-order valence-electron chi connectivity index (χ1n) is 7.26. The number of carbonyl (C=O) groups excluding carboxylic acids is 1. The van der Waals surface area contributed by atoms with E-state index in [0.29, 0.717) is 6.42 Å². The number of allylic oxidation sites excluding steroid dienone is 3. The Morgan fingerprint density at radius 1 is 1.25 bits per heavy atom. The first-order valence-corrected chi connectivity index (χ1v) is 8.97. The van der Waals surface area contributed by atoms with Crippen molar-refractivity contribution in [3.05, 3.63) is 37.0 Å². The lowest BCUT2D eigenvalue weighted by Crippen LogP contribution is -2.24. The smallest absolute Gasteiger partial charge is 0.160 e. The van der Waals surface area contributed by atoms with E-state index in [4.69, 9.17) is 0 Å². The molecule has 3 atom stereocenters. The van der Waals surface area contributed by atoms with Crippen molar-refractivity contribution in [3.8, 4) is 0 Å². The second-order valence-corrected chi connectivity index (χ2v) is 7.87. The predicted octanol–water partition coefficient (Wildman–Crippen LogP) is 2.85. The molecular weight excluding hydrogens is 272 g/mol.